The van der Waals surface area contributed by atoms with Crippen LogP contribution in [0.5, 0.6) is 5.75 Å². The highest BCUT2D eigenvalue weighted by molar-refractivity contribution is 5.97. The summed E-state index contributed by atoms with van der Waals surface area (Å²) in [6.07, 6.45) is 2.08. The summed E-state index contributed by atoms with van der Waals surface area (Å²) in [5.41, 5.74) is 3.29. The van der Waals surface area contributed by atoms with Gasteiger partial charge in [0.2, 0.25) is 0 Å². The molecule has 1 fully saturated rings. The van der Waals surface area contributed by atoms with Crippen LogP contribution in [0.2, 0.25) is 0 Å². The Balaban J connectivity index is 1.58. The lowest BCUT2D eigenvalue weighted by Gasteiger charge is -2.13. The van der Waals surface area contributed by atoms with E-state index in [0.29, 0.717) is 29.0 Å². The Morgan fingerprint density at radius 1 is 1.15 bits per heavy atom. The van der Waals surface area contributed by atoms with Crippen LogP contribution in [0.4, 0.5) is 5.69 Å². The Hall–Kier alpha value is -2.82. The Kier molecular flexibility index (Phi) is 5.79. The van der Waals surface area contributed by atoms with Gasteiger partial charge < -0.3 is 15.4 Å². The first-order valence-electron chi connectivity index (χ1n) is 9.36. The highest BCUT2D eigenvalue weighted by atomic mass is 16.5. The van der Waals surface area contributed by atoms with E-state index in [1.807, 2.05) is 19.1 Å². The molecule has 2 N–H and O–H groups in total. The molecule has 1 aliphatic carbocycles. The van der Waals surface area contributed by atoms with E-state index >= 15 is 0 Å². The molecule has 0 atom stereocenters. The lowest BCUT2D eigenvalue weighted by Crippen LogP contribution is -2.25. The summed E-state index contributed by atoms with van der Waals surface area (Å²) >= 11 is 0. The summed E-state index contributed by atoms with van der Waals surface area (Å²) in [4.78, 5) is 24.4. The summed E-state index contributed by atoms with van der Waals surface area (Å²) < 4.78 is 5.71. The molecule has 0 radical (unpaired) electrons. The average molecular weight is 366 g/mol. The fourth-order valence-electron chi connectivity index (χ4n) is 2.71. The lowest BCUT2D eigenvalue weighted by molar-refractivity contribution is -0.118. The first-order valence-corrected chi connectivity index (χ1v) is 9.36. The molecule has 27 heavy (non-hydrogen) atoms. The summed E-state index contributed by atoms with van der Waals surface area (Å²) in [6.45, 7) is 6.11. The molecule has 0 aliphatic heterocycles. The molecule has 2 aromatic rings. The van der Waals surface area contributed by atoms with Crippen molar-refractivity contribution in [3.8, 4) is 5.75 Å². The molecule has 3 rings (SSSR count). The molecule has 142 valence electrons. The van der Waals surface area contributed by atoms with Crippen LogP contribution in [0.15, 0.2) is 42.5 Å². The number of ether oxygens (including phenoxy) is 1. The molecule has 5 nitrogen and oxygen atoms in total. The number of aryl methyl sites for hydroxylation is 1. The minimum Gasteiger partial charge on any atom is -0.483 e. The molecule has 0 aromatic heterocycles. The summed E-state index contributed by atoms with van der Waals surface area (Å²) in [6, 6.07) is 13.3. The zero-order valence-electron chi connectivity index (χ0n) is 16.0. The summed E-state index contributed by atoms with van der Waals surface area (Å²) in [5.74, 6) is 0.746. The number of benzene rings is 2. The number of anilines is 1. The summed E-state index contributed by atoms with van der Waals surface area (Å²) in [7, 11) is 0. The molecule has 0 heterocycles. The second kappa shape index (κ2) is 8.25. The minimum absolute atomic E-state index is 0.0825. The highest BCUT2D eigenvalue weighted by Crippen LogP contribution is 2.24. The van der Waals surface area contributed by atoms with Crippen molar-refractivity contribution in [2.45, 2.75) is 45.6 Å². The standard InChI is InChI=1S/C22H26N2O3/c1-14(2)16-8-7-15(3)20(12-16)27-13-21(25)23-19-6-4-5-17(11-19)22(26)24-18-9-10-18/h4-8,11-12,14,18H,9-10,13H2,1-3H3,(H,23,25)(H,24,26). The molecule has 1 aliphatic rings. The van der Waals surface area contributed by atoms with Gasteiger partial charge in [-0.2, -0.15) is 0 Å². The van der Waals surface area contributed by atoms with Crippen molar-refractivity contribution in [1.29, 1.82) is 0 Å². The van der Waals surface area contributed by atoms with Crippen LogP contribution in [-0.2, 0) is 4.79 Å². The SMILES string of the molecule is Cc1ccc(C(C)C)cc1OCC(=O)Nc1cccc(C(=O)NC2CC2)c1. The van der Waals surface area contributed by atoms with Gasteiger partial charge >= 0.3 is 0 Å². The zero-order chi connectivity index (χ0) is 19.4. The Labute approximate surface area is 160 Å². The number of amides is 2. The monoisotopic (exact) mass is 366 g/mol. The van der Waals surface area contributed by atoms with Crippen molar-refractivity contribution in [2.75, 3.05) is 11.9 Å². The van der Waals surface area contributed by atoms with Crippen molar-refractivity contribution in [3.63, 3.8) is 0 Å². The number of hydrogen-bond donors (Lipinski definition) is 2. The summed E-state index contributed by atoms with van der Waals surface area (Å²) in [5, 5.41) is 5.73. The smallest absolute Gasteiger partial charge is 0.262 e. The number of hydrogen-bond acceptors (Lipinski definition) is 3. The average Bonchev–Trinajstić information content (AvgIpc) is 3.45. The van der Waals surface area contributed by atoms with Gasteiger partial charge in [-0.15, -0.1) is 0 Å². The number of carbonyl (C=O) groups is 2. The second-order valence-corrected chi connectivity index (χ2v) is 7.35. The quantitative estimate of drug-likeness (QED) is 0.777. The Morgan fingerprint density at radius 2 is 1.93 bits per heavy atom. The van der Waals surface area contributed by atoms with Crippen molar-refractivity contribution in [1.82, 2.24) is 5.32 Å². The van der Waals surface area contributed by atoms with E-state index in [2.05, 4.69) is 30.5 Å². The van der Waals surface area contributed by atoms with Gasteiger partial charge in [0, 0.05) is 17.3 Å². The van der Waals surface area contributed by atoms with E-state index in [4.69, 9.17) is 4.74 Å². The second-order valence-electron chi connectivity index (χ2n) is 7.35. The third-order valence-corrected chi connectivity index (χ3v) is 4.56. The van der Waals surface area contributed by atoms with E-state index in [-0.39, 0.29) is 18.4 Å². The number of carbonyl (C=O) groups excluding carboxylic acids is 2. The highest BCUT2D eigenvalue weighted by Gasteiger charge is 2.23. The first-order chi connectivity index (χ1) is 12.9. The van der Waals surface area contributed by atoms with Crippen LogP contribution in [0.25, 0.3) is 0 Å². The van der Waals surface area contributed by atoms with Crippen molar-refractivity contribution in [3.05, 3.63) is 59.2 Å². The molecule has 0 spiro atoms. The van der Waals surface area contributed by atoms with Crippen LogP contribution < -0.4 is 15.4 Å². The Bertz CT molecular complexity index is 841. The van der Waals surface area contributed by atoms with Gasteiger partial charge in [0.1, 0.15) is 5.75 Å². The van der Waals surface area contributed by atoms with Crippen LogP contribution in [0, 0.1) is 6.92 Å². The van der Waals surface area contributed by atoms with Gasteiger partial charge in [-0.05, 0) is 61.1 Å². The van der Waals surface area contributed by atoms with Crippen LogP contribution >= 0.6 is 0 Å². The van der Waals surface area contributed by atoms with E-state index in [9.17, 15) is 9.59 Å². The number of nitrogens with one attached hydrogen (secondary N) is 2. The lowest BCUT2D eigenvalue weighted by atomic mass is 10.0. The maximum absolute atomic E-state index is 12.2. The number of rotatable bonds is 7. The van der Waals surface area contributed by atoms with Gasteiger partial charge in [0.05, 0.1) is 0 Å². The molecule has 0 saturated heterocycles. The zero-order valence-corrected chi connectivity index (χ0v) is 16.0. The predicted octanol–water partition coefficient (Wildman–Crippen LogP) is 4.03. The van der Waals surface area contributed by atoms with E-state index in [1.165, 1.54) is 5.56 Å². The maximum atomic E-state index is 12.2. The van der Waals surface area contributed by atoms with Crippen molar-refractivity contribution < 1.29 is 14.3 Å². The third-order valence-electron chi connectivity index (χ3n) is 4.56. The van der Waals surface area contributed by atoms with Gasteiger partial charge in [-0.1, -0.05) is 32.0 Å². The fraction of sp³-hybridized carbons (Fsp3) is 0.364. The van der Waals surface area contributed by atoms with Gasteiger partial charge in [0.25, 0.3) is 11.8 Å². The maximum Gasteiger partial charge on any atom is 0.262 e. The minimum atomic E-state index is -0.260. The van der Waals surface area contributed by atoms with Crippen molar-refractivity contribution in [2.24, 2.45) is 0 Å². The Morgan fingerprint density at radius 3 is 2.63 bits per heavy atom. The van der Waals surface area contributed by atoms with Crippen LogP contribution in [-0.4, -0.2) is 24.5 Å². The molecular weight excluding hydrogens is 340 g/mol. The topological polar surface area (TPSA) is 67.4 Å². The van der Waals surface area contributed by atoms with Gasteiger partial charge in [-0.25, -0.2) is 0 Å². The molecule has 1 saturated carbocycles. The third kappa shape index (κ3) is 5.33. The van der Waals surface area contributed by atoms with Crippen molar-refractivity contribution >= 4 is 17.5 Å². The van der Waals surface area contributed by atoms with Gasteiger partial charge in [-0.3, -0.25) is 9.59 Å². The molecule has 0 bridgehead atoms. The van der Waals surface area contributed by atoms with E-state index < -0.39 is 0 Å². The first kappa shape index (κ1) is 19.0. The molecule has 2 aromatic carbocycles. The largest absolute Gasteiger partial charge is 0.483 e. The van der Waals surface area contributed by atoms with Gasteiger partial charge in [0.15, 0.2) is 6.61 Å². The normalized spacial score (nSPS) is 13.3. The van der Waals surface area contributed by atoms with E-state index in [0.717, 1.165) is 18.4 Å². The molecule has 5 heteroatoms. The van der Waals surface area contributed by atoms with E-state index in [1.54, 1.807) is 24.3 Å². The predicted molar refractivity (Wildman–Crippen MR) is 106 cm³/mol. The van der Waals surface area contributed by atoms with Crippen LogP contribution in [0.3, 0.4) is 0 Å². The fourth-order valence-corrected chi connectivity index (χ4v) is 2.71. The van der Waals surface area contributed by atoms with Crippen LogP contribution in [0.1, 0.15) is 54.1 Å². The molecule has 2 amide bonds. The molecular formula is C22H26N2O3. The molecule has 0 unspecified atom stereocenters.